The maximum absolute atomic E-state index is 2.14. The van der Waals surface area contributed by atoms with E-state index in [-0.39, 0.29) is 0 Å². The fourth-order valence-electron chi connectivity index (χ4n) is 0.693. The average molecular weight is 134 g/mol. The molecule has 1 aliphatic heterocycles. The maximum Gasteiger partial charge on any atom is -0.00284 e. The van der Waals surface area contributed by atoms with Crippen molar-refractivity contribution in [2.24, 2.45) is 0 Å². The molecule has 42 valence electrons. The van der Waals surface area contributed by atoms with Crippen LogP contribution < -0.4 is 0 Å². The zero-order chi connectivity index (χ0) is 4.95. The minimum absolute atomic E-state index is 1.21. The molecule has 0 aromatic carbocycles. The van der Waals surface area contributed by atoms with E-state index in [1.165, 1.54) is 39.0 Å². The Morgan fingerprint density at radius 3 is 3.14 bits per heavy atom. The molecule has 1 rings (SSSR count). The van der Waals surface area contributed by atoms with Crippen LogP contribution >= 0.6 is 19.2 Å². The summed E-state index contributed by atoms with van der Waals surface area (Å²) >= 11 is 2.14. The van der Waals surface area contributed by atoms with Gasteiger partial charge in [-0.15, -0.1) is 11.4 Å². The summed E-state index contributed by atoms with van der Waals surface area (Å²) in [5, 5.41) is 0. The van der Waals surface area contributed by atoms with Gasteiger partial charge in [0.05, 0.1) is 0 Å². The highest BCUT2D eigenvalue weighted by molar-refractivity contribution is 8.49. The first-order valence-corrected chi connectivity index (χ1v) is 5.76. The van der Waals surface area contributed by atoms with E-state index in [2.05, 4.69) is 11.4 Å². The van der Waals surface area contributed by atoms with E-state index >= 15 is 0 Å². The van der Waals surface area contributed by atoms with Crippen LogP contribution in [0.3, 0.4) is 0 Å². The van der Waals surface area contributed by atoms with E-state index in [9.17, 15) is 0 Å². The Balaban J connectivity index is 2.04. The van der Waals surface area contributed by atoms with Crippen LogP contribution in [0.25, 0.3) is 0 Å². The van der Waals surface area contributed by atoms with Gasteiger partial charge in [-0.2, -0.15) is 0 Å². The molecule has 1 atom stereocenters. The Labute approximate surface area is 51.0 Å². The van der Waals surface area contributed by atoms with E-state index < -0.39 is 0 Å². The lowest BCUT2D eigenvalue weighted by Crippen LogP contribution is -1.73. The Morgan fingerprint density at radius 2 is 2.14 bits per heavy atom. The number of hydrogen-bond donors (Lipinski definition) is 0. The summed E-state index contributed by atoms with van der Waals surface area (Å²) in [6.45, 7) is 0. The first-order valence-electron chi connectivity index (χ1n) is 2.85. The molecule has 0 aromatic rings. The van der Waals surface area contributed by atoms with E-state index in [1.807, 2.05) is 0 Å². The lowest BCUT2D eigenvalue weighted by molar-refractivity contribution is 0.790. The average Bonchev–Trinajstić information content (AvgIpc) is 1.90. The van der Waals surface area contributed by atoms with Crippen LogP contribution in [0.15, 0.2) is 0 Å². The summed E-state index contributed by atoms with van der Waals surface area (Å²) < 4.78 is 0. The zero-order valence-corrected chi connectivity index (χ0v) is 6.26. The second-order valence-corrected chi connectivity index (χ2v) is 5.02. The molecule has 2 heteroatoms. The molecule has 0 nitrogen and oxygen atoms in total. The van der Waals surface area contributed by atoms with Gasteiger partial charge in [0.25, 0.3) is 0 Å². The molecule has 1 saturated heterocycles. The SMILES string of the molecule is C1CCPSCC1. The quantitative estimate of drug-likeness (QED) is 0.459. The fourth-order valence-corrected chi connectivity index (χ4v) is 3.46. The van der Waals surface area contributed by atoms with Crippen LogP contribution in [0.1, 0.15) is 19.3 Å². The van der Waals surface area contributed by atoms with Gasteiger partial charge in [0.15, 0.2) is 0 Å². The molecular weight excluding hydrogens is 123 g/mol. The number of hydrogen-bond acceptors (Lipinski definition) is 1. The highest BCUT2D eigenvalue weighted by atomic mass is 32.7. The van der Waals surface area contributed by atoms with Crippen molar-refractivity contribution >= 4 is 19.2 Å². The van der Waals surface area contributed by atoms with Crippen molar-refractivity contribution in [2.45, 2.75) is 19.3 Å². The second kappa shape index (κ2) is 3.74. The second-order valence-electron chi connectivity index (χ2n) is 1.80. The Hall–Kier alpha value is 0.780. The molecule has 0 spiro atoms. The van der Waals surface area contributed by atoms with Gasteiger partial charge in [-0.25, -0.2) is 0 Å². The smallest absolute Gasteiger partial charge is 0.00284 e. The lowest BCUT2D eigenvalue weighted by atomic mass is 10.3. The normalized spacial score (nSPS) is 27.4. The monoisotopic (exact) mass is 134 g/mol. The van der Waals surface area contributed by atoms with Crippen molar-refractivity contribution in [2.75, 3.05) is 11.9 Å². The minimum Gasteiger partial charge on any atom is -0.138 e. The molecule has 0 saturated carbocycles. The molecule has 0 N–H and O–H groups in total. The van der Waals surface area contributed by atoms with Gasteiger partial charge in [-0.05, 0) is 24.8 Å². The van der Waals surface area contributed by atoms with Crippen LogP contribution in [-0.4, -0.2) is 11.9 Å². The highest BCUT2D eigenvalue weighted by Crippen LogP contribution is 2.33. The van der Waals surface area contributed by atoms with Crippen LogP contribution in [0.5, 0.6) is 0 Å². The van der Waals surface area contributed by atoms with E-state index in [0.717, 1.165) is 0 Å². The summed E-state index contributed by atoms with van der Waals surface area (Å²) in [6.07, 6.45) is 5.94. The molecule has 0 amide bonds. The van der Waals surface area contributed by atoms with Gasteiger partial charge in [0.1, 0.15) is 0 Å². The molecular formula is C5H11PS. The molecule has 1 fully saturated rings. The van der Waals surface area contributed by atoms with E-state index in [0.29, 0.717) is 0 Å². The third-order valence-electron chi connectivity index (χ3n) is 1.13. The topological polar surface area (TPSA) is 0 Å². The summed E-state index contributed by atoms with van der Waals surface area (Å²) in [4.78, 5) is 0. The highest BCUT2D eigenvalue weighted by Gasteiger charge is 1.95. The molecule has 0 radical (unpaired) electrons. The third kappa shape index (κ3) is 2.56. The van der Waals surface area contributed by atoms with Crippen LogP contribution in [-0.2, 0) is 0 Å². The molecule has 1 aliphatic rings. The predicted octanol–water partition coefficient (Wildman–Crippen LogP) is 2.50. The molecule has 0 aliphatic carbocycles. The van der Waals surface area contributed by atoms with Gasteiger partial charge in [0.2, 0.25) is 0 Å². The first kappa shape index (κ1) is 5.91. The van der Waals surface area contributed by atoms with Crippen molar-refractivity contribution < 1.29 is 0 Å². The largest absolute Gasteiger partial charge is 0.138 e. The van der Waals surface area contributed by atoms with Crippen molar-refractivity contribution in [3.63, 3.8) is 0 Å². The van der Waals surface area contributed by atoms with Gasteiger partial charge in [-0.1, -0.05) is 14.2 Å². The summed E-state index contributed by atoms with van der Waals surface area (Å²) in [5.41, 5.74) is 0. The Bertz CT molecular complexity index is 27.7. The van der Waals surface area contributed by atoms with Gasteiger partial charge in [0, 0.05) is 0 Å². The molecule has 0 bridgehead atoms. The summed E-state index contributed by atoms with van der Waals surface area (Å²) in [7, 11) is 1.21. The Morgan fingerprint density at radius 1 is 1.14 bits per heavy atom. The standard InChI is InChI=1S/C5H11PS/c1-2-4-6-7-5-3-1/h6H,1-5H2. The molecule has 7 heavy (non-hydrogen) atoms. The first-order chi connectivity index (χ1) is 3.50. The summed E-state index contributed by atoms with van der Waals surface area (Å²) in [6, 6.07) is 0. The van der Waals surface area contributed by atoms with Gasteiger partial charge < -0.3 is 0 Å². The maximum atomic E-state index is 2.14. The van der Waals surface area contributed by atoms with Crippen molar-refractivity contribution in [3.05, 3.63) is 0 Å². The lowest BCUT2D eigenvalue weighted by Gasteiger charge is -1.87. The molecule has 0 aromatic heterocycles. The van der Waals surface area contributed by atoms with Crippen LogP contribution in [0.4, 0.5) is 0 Å². The van der Waals surface area contributed by atoms with Crippen LogP contribution in [0, 0.1) is 0 Å². The number of rotatable bonds is 0. The van der Waals surface area contributed by atoms with Gasteiger partial charge >= 0.3 is 0 Å². The molecule has 1 heterocycles. The third-order valence-corrected chi connectivity index (χ3v) is 4.22. The van der Waals surface area contributed by atoms with E-state index in [1.54, 1.807) is 0 Å². The van der Waals surface area contributed by atoms with Crippen LogP contribution in [0.2, 0.25) is 0 Å². The van der Waals surface area contributed by atoms with Crippen molar-refractivity contribution in [1.29, 1.82) is 0 Å². The fraction of sp³-hybridized carbons (Fsp3) is 1.00. The van der Waals surface area contributed by atoms with Crippen molar-refractivity contribution in [1.82, 2.24) is 0 Å². The van der Waals surface area contributed by atoms with E-state index in [4.69, 9.17) is 0 Å². The van der Waals surface area contributed by atoms with Crippen molar-refractivity contribution in [3.8, 4) is 0 Å². The molecule has 1 unspecified atom stereocenters. The minimum atomic E-state index is 1.21. The summed E-state index contributed by atoms with van der Waals surface area (Å²) in [5.74, 6) is 1.43. The predicted molar refractivity (Wildman–Crippen MR) is 39.5 cm³/mol. The van der Waals surface area contributed by atoms with Gasteiger partial charge in [-0.3, -0.25) is 0 Å². The zero-order valence-electron chi connectivity index (χ0n) is 4.44. The Kier molecular flexibility index (Phi) is 3.16.